The summed E-state index contributed by atoms with van der Waals surface area (Å²) in [4.78, 5) is 28.9. The topological polar surface area (TPSA) is 86.8 Å². The molecule has 1 atom stereocenters. The lowest BCUT2D eigenvalue weighted by Crippen LogP contribution is -2.52. The lowest BCUT2D eigenvalue weighted by molar-refractivity contribution is -0.140. The van der Waals surface area contributed by atoms with Crippen LogP contribution < -0.4 is 9.62 Å². The van der Waals surface area contributed by atoms with Crippen LogP contribution in [0, 0.1) is 13.8 Å². The van der Waals surface area contributed by atoms with E-state index in [0.717, 1.165) is 33.8 Å². The number of nitrogens with zero attached hydrogens (tertiary/aromatic N) is 2. The van der Waals surface area contributed by atoms with Crippen LogP contribution in [0.15, 0.2) is 71.6 Å². The maximum atomic E-state index is 14.2. The molecule has 0 spiro atoms. The van der Waals surface area contributed by atoms with E-state index in [-0.39, 0.29) is 33.1 Å². The molecule has 41 heavy (non-hydrogen) atoms. The van der Waals surface area contributed by atoms with Crippen molar-refractivity contribution in [3.63, 3.8) is 0 Å². The Morgan fingerprint density at radius 3 is 2.15 bits per heavy atom. The van der Waals surface area contributed by atoms with Crippen molar-refractivity contribution in [3.8, 4) is 0 Å². The van der Waals surface area contributed by atoms with Gasteiger partial charge < -0.3 is 10.2 Å². The van der Waals surface area contributed by atoms with Gasteiger partial charge in [-0.05, 0) is 68.1 Å². The summed E-state index contributed by atoms with van der Waals surface area (Å²) < 4.78 is 29.0. The molecule has 1 N–H and O–H groups in total. The van der Waals surface area contributed by atoms with Crippen LogP contribution in [0.1, 0.15) is 49.8 Å². The second kappa shape index (κ2) is 14.7. The summed E-state index contributed by atoms with van der Waals surface area (Å²) in [5, 5.41) is 3.38. The highest BCUT2D eigenvalue weighted by atomic mass is 35.5. The minimum atomic E-state index is -4.22. The first kappa shape index (κ1) is 32.4. The van der Waals surface area contributed by atoms with Crippen molar-refractivity contribution < 1.29 is 18.0 Å². The Morgan fingerprint density at radius 2 is 1.56 bits per heavy atom. The first-order chi connectivity index (χ1) is 19.5. The van der Waals surface area contributed by atoms with Gasteiger partial charge in [-0.15, -0.1) is 0 Å². The molecular weight excluding hydrogens is 581 g/mol. The van der Waals surface area contributed by atoms with Gasteiger partial charge in [0, 0.05) is 23.1 Å². The number of sulfonamides is 1. The third kappa shape index (κ3) is 8.47. The Labute approximate surface area is 253 Å². The van der Waals surface area contributed by atoms with Crippen LogP contribution in [0.25, 0.3) is 0 Å². The average Bonchev–Trinajstić information content (AvgIpc) is 2.92. The van der Waals surface area contributed by atoms with E-state index >= 15 is 0 Å². The van der Waals surface area contributed by atoms with Crippen molar-refractivity contribution in [3.05, 3.63) is 93.5 Å². The quantitative estimate of drug-likeness (QED) is 0.221. The molecule has 3 rings (SSSR count). The molecule has 2 amide bonds. The number of hydrogen-bond acceptors (Lipinski definition) is 4. The Balaban J connectivity index is 2.08. The van der Waals surface area contributed by atoms with E-state index in [1.54, 1.807) is 12.1 Å². The summed E-state index contributed by atoms with van der Waals surface area (Å²) in [5.74, 6) is -0.806. The van der Waals surface area contributed by atoms with E-state index in [4.69, 9.17) is 23.2 Å². The number of anilines is 1. The Hall–Kier alpha value is -3.07. The molecule has 0 saturated carbocycles. The van der Waals surface area contributed by atoms with Crippen molar-refractivity contribution in [1.29, 1.82) is 0 Å². The highest BCUT2D eigenvalue weighted by molar-refractivity contribution is 7.92. The molecule has 220 valence electrons. The fourth-order valence-corrected chi connectivity index (χ4v) is 6.36. The fraction of sp³-hybridized carbons (Fsp3) is 0.355. The van der Waals surface area contributed by atoms with Crippen LogP contribution in [-0.4, -0.2) is 44.3 Å². The lowest BCUT2D eigenvalue weighted by Gasteiger charge is -2.33. The van der Waals surface area contributed by atoms with Crippen LogP contribution in [0.5, 0.6) is 0 Å². The van der Waals surface area contributed by atoms with Crippen molar-refractivity contribution in [2.24, 2.45) is 0 Å². The van der Waals surface area contributed by atoms with E-state index in [2.05, 4.69) is 5.32 Å². The summed E-state index contributed by atoms with van der Waals surface area (Å²) in [6.07, 6.45) is 2.08. The zero-order chi connectivity index (χ0) is 30.2. The molecule has 0 aliphatic heterocycles. The summed E-state index contributed by atoms with van der Waals surface area (Å²) >= 11 is 12.5. The second-order valence-corrected chi connectivity index (χ2v) is 12.7. The summed E-state index contributed by atoms with van der Waals surface area (Å²) in [7, 11) is -4.22. The molecule has 3 aromatic rings. The minimum Gasteiger partial charge on any atom is -0.354 e. The number of amides is 2. The monoisotopic (exact) mass is 617 g/mol. The fourth-order valence-electron chi connectivity index (χ4n) is 4.45. The third-order valence-corrected chi connectivity index (χ3v) is 9.07. The van der Waals surface area contributed by atoms with E-state index in [0.29, 0.717) is 13.0 Å². The zero-order valence-corrected chi connectivity index (χ0v) is 26.2. The predicted molar refractivity (Wildman–Crippen MR) is 166 cm³/mol. The third-order valence-electron chi connectivity index (χ3n) is 6.84. The van der Waals surface area contributed by atoms with Crippen LogP contribution >= 0.6 is 23.2 Å². The summed E-state index contributed by atoms with van der Waals surface area (Å²) in [6, 6.07) is 17.6. The van der Waals surface area contributed by atoms with E-state index in [9.17, 15) is 18.0 Å². The molecule has 10 heteroatoms. The maximum Gasteiger partial charge on any atom is 0.264 e. The van der Waals surface area contributed by atoms with Gasteiger partial charge in [-0.25, -0.2) is 8.42 Å². The number of rotatable bonds is 13. The van der Waals surface area contributed by atoms with Gasteiger partial charge in [0.15, 0.2) is 0 Å². The van der Waals surface area contributed by atoms with Gasteiger partial charge >= 0.3 is 0 Å². The van der Waals surface area contributed by atoms with Gasteiger partial charge in [0.25, 0.3) is 10.0 Å². The number of benzene rings is 3. The second-order valence-electron chi connectivity index (χ2n) is 9.97. The lowest BCUT2D eigenvalue weighted by atomic mass is 10.1. The average molecular weight is 619 g/mol. The Kier molecular flexibility index (Phi) is 11.6. The molecule has 0 fully saturated rings. The van der Waals surface area contributed by atoms with E-state index in [1.165, 1.54) is 35.2 Å². The zero-order valence-electron chi connectivity index (χ0n) is 23.9. The normalized spacial score (nSPS) is 12.0. The van der Waals surface area contributed by atoms with Crippen LogP contribution in [0.4, 0.5) is 5.69 Å². The largest absolute Gasteiger partial charge is 0.354 e. The molecule has 0 aliphatic rings. The van der Waals surface area contributed by atoms with Crippen molar-refractivity contribution in [1.82, 2.24) is 10.2 Å². The molecule has 3 aromatic carbocycles. The number of halogens is 2. The van der Waals surface area contributed by atoms with E-state index < -0.39 is 28.5 Å². The SMILES string of the molecule is CCCCNC(=O)[C@@H](CC)N(Cc1ccccc1C)C(=O)CN(c1cc(Cl)cc(Cl)c1)S(=O)(=O)c1ccc(C)cc1. The summed E-state index contributed by atoms with van der Waals surface area (Å²) in [6.45, 7) is 7.73. The van der Waals surface area contributed by atoms with Gasteiger partial charge in [0.05, 0.1) is 10.6 Å². The molecule has 0 unspecified atom stereocenters. The molecule has 0 aliphatic carbocycles. The number of unbranched alkanes of at least 4 members (excludes halogenated alkanes) is 1. The van der Waals surface area contributed by atoms with Crippen LogP contribution in [-0.2, 0) is 26.2 Å². The molecule has 0 radical (unpaired) electrons. The highest BCUT2D eigenvalue weighted by Gasteiger charge is 2.34. The van der Waals surface area contributed by atoms with Crippen molar-refractivity contribution >= 4 is 50.7 Å². The minimum absolute atomic E-state index is 0.0156. The number of nitrogens with one attached hydrogen (secondary N) is 1. The predicted octanol–water partition coefficient (Wildman–Crippen LogP) is 6.53. The van der Waals surface area contributed by atoms with Gasteiger partial charge in [-0.2, -0.15) is 0 Å². The maximum absolute atomic E-state index is 14.2. The molecule has 0 aromatic heterocycles. The van der Waals surface area contributed by atoms with Crippen molar-refractivity contribution in [2.45, 2.75) is 64.4 Å². The smallest absolute Gasteiger partial charge is 0.264 e. The number of carbonyl (C=O) groups excluding carboxylic acids is 2. The first-order valence-electron chi connectivity index (χ1n) is 13.6. The van der Waals surface area contributed by atoms with Gasteiger partial charge in [-0.1, -0.05) is 85.4 Å². The number of aryl methyl sites for hydroxylation is 2. The van der Waals surface area contributed by atoms with Gasteiger partial charge in [0.1, 0.15) is 12.6 Å². The standard InChI is InChI=1S/C31H37Cl2N3O4S/c1-5-7-16-34-31(38)29(6-2)35(20-24-11-9-8-10-23(24)4)30(37)21-36(27-18-25(32)17-26(33)19-27)41(39,40)28-14-12-22(3)13-15-28/h8-15,17-19,29H,5-7,16,20-21H2,1-4H3,(H,34,38)/t29-/m1/s1. The van der Waals surface area contributed by atoms with E-state index in [1.807, 2.05) is 52.0 Å². The summed E-state index contributed by atoms with van der Waals surface area (Å²) in [5.41, 5.74) is 2.85. The number of carbonyl (C=O) groups is 2. The van der Waals surface area contributed by atoms with Crippen molar-refractivity contribution in [2.75, 3.05) is 17.4 Å². The number of hydrogen-bond donors (Lipinski definition) is 1. The van der Waals surface area contributed by atoms with Crippen LogP contribution in [0.3, 0.4) is 0 Å². The Morgan fingerprint density at radius 1 is 0.927 bits per heavy atom. The molecule has 0 bridgehead atoms. The molecule has 0 saturated heterocycles. The molecule has 0 heterocycles. The Bertz CT molecular complexity index is 1440. The van der Waals surface area contributed by atoms with Crippen LogP contribution in [0.2, 0.25) is 10.0 Å². The first-order valence-corrected chi connectivity index (χ1v) is 15.8. The highest BCUT2D eigenvalue weighted by Crippen LogP contribution is 2.30. The molecular formula is C31H37Cl2N3O4S. The van der Waals surface area contributed by atoms with Gasteiger partial charge in [0.2, 0.25) is 11.8 Å². The van der Waals surface area contributed by atoms with Gasteiger partial charge in [-0.3, -0.25) is 13.9 Å². The molecule has 7 nitrogen and oxygen atoms in total.